The lowest BCUT2D eigenvalue weighted by atomic mass is 9.90. The Morgan fingerprint density at radius 2 is 2.06 bits per heavy atom. The van der Waals surface area contributed by atoms with Crippen molar-refractivity contribution in [1.29, 1.82) is 0 Å². The monoisotopic (exact) mass is 240 g/mol. The van der Waals surface area contributed by atoms with Gasteiger partial charge in [-0.2, -0.15) is 0 Å². The largest absolute Gasteiger partial charge is 0.479 e. The third-order valence-corrected chi connectivity index (χ3v) is 3.00. The molecule has 2 heterocycles. The van der Waals surface area contributed by atoms with Crippen LogP contribution < -0.4 is 11.2 Å². The minimum absolute atomic E-state index is 0.203. The number of ether oxygens (including phenoxy) is 1. The molecular weight excluding hydrogens is 228 g/mol. The number of hydrogen-bond acceptors (Lipinski definition) is 4. The molecule has 0 atom stereocenters. The summed E-state index contributed by atoms with van der Waals surface area (Å²) in [5.74, 6) is -1.09. The highest BCUT2D eigenvalue weighted by Gasteiger charge is 2.42. The molecule has 0 saturated carbocycles. The average Bonchev–Trinajstić information content (AvgIpc) is 2.29. The Morgan fingerprint density at radius 3 is 2.59 bits per heavy atom. The van der Waals surface area contributed by atoms with Crippen LogP contribution in [-0.4, -0.2) is 33.8 Å². The van der Waals surface area contributed by atoms with E-state index in [1.54, 1.807) is 0 Å². The molecule has 0 radical (unpaired) electrons. The van der Waals surface area contributed by atoms with E-state index in [9.17, 15) is 19.5 Å². The second kappa shape index (κ2) is 4.17. The summed E-state index contributed by atoms with van der Waals surface area (Å²) >= 11 is 0. The molecule has 1 aliphatic rings. The van der Waals surface area contributed by atoms with Gasteiger partial charge in [-0.1, -0.05) is 0 Å². The Labute approximate surface area is 95.7 Å². The second-order valence-electron chi connectivity index (χ2n) is 3.93. The standard InChI is InChI=1S/C10H12N2O5/c13-7-1-4-12(9(16)11-7)10(8(14)15)2-5-17-6-3-10/h1,4H,2-3,5-6H2,(H,14,15)(H,11,13,16). The highest BCUT2D eigenvalue weighted by molar-refractivity contribution is 5.76. The van der Waals surface area contributed by atoms with E-state index in [1.165, 1.54) is 6.20 Å². The quantitative estimate of drug-likeness (QED) is 0.699. The van der Waals surface area contributed by atoms with Gasteiger partial charge in [0.2, 0.25) is 0 Å². The third kappa shape index (κ3) is 1.89. The summed E-state index contributed by atoms with van der Waals surface area (Å²) in [5, 5.41) is 9.33. The molecule has 0 spiro atoms. The molecule has 17 heavy (non-hydrogen) atoms. The normalized spacial score (nSPS) is 18.8. The van der Waals surface area contributed by atoms with Crippen molar-refractivity contribution in [3.05, 3.63) is 33.1 Å². The van der Waals surface area contributed by atoms with Gasteiger partial charge in [-0.15, -0.1) is 0 Å². The zero-order chi connectivity index (χ0) is 12.5. The molecule has 1 aromatic heterocycles. The Bertz CT molecular complexity index is 538. The third-order valence-electron chi connectivity index (χ3n) is 3.00. The van der Waals surface area contributed by atoms with Crippen LogP contribution in [0.15, 0.2) is 21.9 Å². The number of carboxylic acid groups (broad SMARTS) is 1. The number of H-pyrrole nitrogens is 1. The van der Waals surface area contributed by atoms with Gasteiger partial charge in [0.05, 0.1) is 0 Å². The fourth-order valence-corrected chi connectivity index (χ4v) is 2.02. The average molecular weight is 240 g/mol. The van der Waals surface area contributed by atoms with Gasteiger partial charge in [-0.25, -0.2) is 9.59 Å². The zero-order valence-electron chi connectivity index (χ0n) is 9.01. The number of aromatic nitrogens is 2. The van der Waals surface area contributed by atoms with Crippen molar-refractivity contribution in [2.45, 2.75) is 18.4 Å². The molecule has 92 valence electrons. The van der Waals surface area contributed by atoms with Crippen molar-refractivity contribution in [3.8, 4) is 0 Å². The highest BCUT2D eigenvalue weighted by Crippen LogP contribution is 2.27. The summed E-state index contributed by atoms with van der Waals surface area (Å²) in [5.41, 5.74) is -2.57. The fourth-order valence-electron chi connectivity index (χ4n) is 2.02. The lowest BCUT2D eigenvalue weighted by Crippen LogP contribution is -2.52. The summed E-state index contributed by atoms with van der Waals surface area (Å²) in [7, 11) is 0. The summed E-state index contributed by atoms with van der Waals surface area (Å²) < 4.78 is 6.18. The summed E-state index contributed by atoms with van der Waals surface area (Å²) in [6.07, 6.45) is 1.63. The molecule has 0 bridgehead atoms. The number of carbonyl (C=O) groups is 1. The molecule has 2 rings (SSSR count). The van der Waals surface area contributed by atoms with E-state index < -0.39 is 22.8 Å². The van der Waals surface area contributed by atoms with Crippen LogP contribution in [0.3, 0.4) is 0 Å². The minimum Gasteiger partial charge on any atom is -0.479 e. The lowest BCUT2D eigenvalue weighted by Gasteiger charge is -2.34. The van der Waals surface area contributed by atoms with E-state index >= 15 is 0 Å². The smallest absolute Gasteiger partial charge is 0.330 e. The van der Waals surface area contributed by atoms with E-state index in [1.807, 2.05) is 0 Å². The Morgan fingerprint density at radius 1 is 1.41 bits per heavy atom. The topological polar surface area (TPSA) is 101 Å². The first-order valence-corrected chi connectivity index (χ1v) is 5.20. The fraction of sp³-hybridized carbons (Fsp3) is 0.500. The Balaban J connectivity index is 2.56. The second-order valence-corrected chi connectivity index (χ2v) is 3.93. The molecule has 7 heteroatoms. The molecule has 2 N–H and O–H groups in total. The summed E-state index contributed by atoms with van der Waals surface area (Å²) in [4.78, 5) is 36.1. The predicted octanol–water partition coefficient (Wildman–Crippen LogP) is -0.873. The first kappa shape index (κ1) is 11.6. The Kier molecular flexibility index (Phi) is 2.84. The number of nitrogens with one attached hydrogen (secondary N) is 1. The molecule has 7 nitrogen and oxygen atoms in total. The summed E-state index contributed by atoms with van der Waals surface area (Å²) in [6.45, 7) is 0.551. The highest BCUT2D eigenvalue weighted by atomic mass is 16.5. The van der Waals surface area contributed by atoms with Gasteiger partial charge in [0.1, 0.15) is 0 Å². The molecule has 1 fully saturated rings. The molecule has 0 aromatic carbocycles. The molecular formula is C10H12N2O5. The van der Waals surface area contributed by atoms with Crippen LogP contribution in [0, 0.1) is 0 Å². The maximum atomic E-state index is 11.7. The van der Waals surface area contributed by atoms with Crippen molar-refractivity contribution in [1.82, 2.24) is 9.55 Å². The van der Waals surface area contributed by atoms with Gasteiger partial charge < -0.3 is 9.84 Å². The number of aromatic amines is 1. The SMILES string of the molecule is O=C(O)C1(n2ccc(=O)[nH]c2=O)CCOCC1. The van der Waals surface area contributed by atoms with Gasteiger partial charge in [-0.3, -0.25) is 14.3 Å². The lowest BCUT2D eigenvalue weighted by molar-refractivity contribution is -0.153. The van der Waals surface area contributed by atoms with Crippen LogP contribution >= 0.6 is 0 Å². The molecule has 0 aliphatic carbocycles. The molecule has 0 unspecified atom stereocenters. The van der Waals surface area contributed by atoms with E-state index in [-0.39, 0.29) is 26.1 Å². The zero-order valence-corrected chi connectivity index (χ0v) is 9.01. The van der Waals surface area contributed by atoms with Crippen LogP contribution in [0.2, 0.25) is 0 Å². The van der Waals surface area contributed by atoms with Crippen LogP contribution in [0.5, 0.6) is 0 Å². The van der Waals surface area contributed by atoms with E-state index in [4.69, 9.17) is 4.74 Å². The number of nitrogens with zero attached hydrogens (tertiary/aromatic N) is 1. The number of aliphatic carboxylic acids is 1. The van der Waals surface area contributed by atoms with Gasteiger partial charge >= 0.3 is 11.7 Å². The van der Waals surface area contributed by atoms with Crippen molar-refractivity contribution in [3.63, 3.8) is 0 Å². The van der Waals surface area contributed by atoms with Crippen molar-refractivity contribution < 1.29 is 14.6 Å². The maximum absolute atomic E-state index is 11.7. The first-order valence-electron chi connectivity index (χ1n) is 5.20. The van der Waals surface area contributed by atoms with Gasteiger partial charge in [0.25, 0.3) is 5.56 Å². The van der Waals surface area contributed by atoms with E-state index in [2.05, 4.69) is 4.98 Å². The molecule has 1 aliphatic heterocycles. The van der Waals surface area contributed by atoms with Gasteiger partial charge in [-0.05, 0) is 0 Å². The Hall–Kier alpha value is -1.89. The first-order chi connectivity index (χ1) is 8.06. The number of rotatable bonds is 2. The maximum Gasteiger partial charge on any atom is 0.330 e. The van der Waals surface area contributed by atoms with Crippen LogP contribution in [0.4, 0.5) is 0 Å². The number of hydrogen-bond donors (Lipinski definition) is 2. The molecule has 0 amide bonds. The van der Waals surface area contributed by atoms with Crippen LogP contribution in [0.1, 0.15) is 12.8 Å². The van der Waals surface area contributed by atoms with Gasteiger partial charge in [0.15, 0.2) is 5.54 Å². The predicted molar refractivity (Wildman–Crippen MR) is 57.0 cm³/mol. The minimum atomic E-state index is -1.32. The molecule has 1 saturated heterocycles. The van der Waals surface area contributed by atoms with Crippen LogP contribution in [0.25, 0.3) is 0 Å². The van der Waals surface area contributed by atoms with Crippen LogP contribution in [-0.2, 0) is 15.1 Å². The molecule has 1 aromatic rings. The number of carboxylic acids is 1. The van der Waals surface area contributed by atoms with Gasteiger partial charge in [0, 0.05) is 38.3 Å². The van der Waals surface area contributed by atoms with Crippen molar-refractivity contribution in [2.24, 2.45) is 0 Å². The van der Waals surface area contributed by atoms with Crippen molar-refractivity contribution in [2.75, 3.05) is 13.2 Å². The van der Waals surface area contributed by atoms with Crippen molar-refractivity contribution >= 4 is 5.97 Å². The summed E-state index contributed by atoms with van der Waals surface area (Å²) in [6, 6.07) is 1.14. The van der Waals surface area contributed by atoms with E-state index in [0.717, 1.165) is 10.6 Å². The van der Waals surface area contributed by atoms with E-state index in [0.29, 0.717) is 0 Å².